The van der Waals surface area contributed by atoms with Gasteiger partial charge < -0.3 is 20.4 Å². The van der Waals surface area contributed by atoms with Gasteiger partial charge in [0.2, 0.25) is 0 Å². The zero-order valence-corrected chi connectivity index (χ0v) is 10.2. The van der Waals surface area contributed by atoms with Crippen molar-refractivity contribution in [3.8, 4) is 0 Å². The molecule has 8 heteroatoms. The SMILES string of the molecule is O=c1nc2c(cn1C1CC(O)[C@@H](CO)O1)CCNN2. The lowest BCUT2D eigenvalue weighted by Gasteiger charge is -2.21. The minimum Gasteiger partial charge on any atom is -0.394 e. The average molecular weight is 268 g/mol. The molecular formula is C11H16N4O4. The van der Waals surface area contributed by atoms with Gasteiger partial charge in [-0.3, -0.25) is 4.57 Å². The molecule has 4 N–H and O–H groups in total. The van der Waals surface area contributed by atoms with E-state index in [-0.39, 0.29) is 13.0 Å². The maximum Gasteiger partial charge on any atom is 0.351 e. The summed E-state index contributed by atoms with van der Waals surface area (Å²) in [5.74, 6) is 0.532. The fraction of sp³-hybridized carbons (Fsp3) is 0.636. The van der Waals surface area contributed by atoms with Crippen molar-refractivity contribution in [1.29, 1.82) is 0 Å². The van der Waals surface area contributed by atoms with Gasteiger partial charge in [0.1, 0.15) is 12.3 Å². The Morgan fingerprint density at radius 3 is 3.16 bits per heavy atom. The van der Waals surface area contributed by atoms with Crippen molar-refractivity contribution in [2.24, 2.45) is 0 Å². The molecule has 3 rings (SSSR count). The first-order chi connectivity index (χ1) is 9.19. The van der Waals surface area contributed by atoms with E-state index in [0.29, 0.717) is 5.82 Å². The molecule has 1 fully saturated rings. The number of aromatic nitrogens is 2. The second-order valence-electron chi connectivity index (χ2n) is 4.72. The van der Waals surface area contributed by atoms with Crippen LogP contribution >= 0.6 is 0 Å². The molecule has 2 aliphatic heterocycles. The number of hydrogen-bond acceptors (Lipinski definition) is 7. The molecule has 3 atom stereocenters. The fourth-order valence-corrected chi connectivity index (χ4v) is 2.40. The van der Waals surface area contributed by atoms with Crippen LogP contribution in [0.1, 0.15) is 18.2 Å². The van der Waals surface area contributed by atoms with Gasteiger partial charge in [-0.25, -0.2) is 10.2 Å². The monoisotopic (exact) mass is 268 g/mol. The molecular weight excluding hydrogens is 252 g/mol. The zero-order chi connectivity index (χ0) is 13.4. The first kappa shape index (κ1) is 12.5. The molecule has 19 heavy (non-hydrogen) atoms. The highest BCUT2D eigenvalue weighted by Gasteiger charge is 2.35. The minimum absolute atomic E-state index is 0.268. The Labute approximate surface area is 109 Å². The maximum absolute atomic E-state index is 11.9. The lowest BCUT2D eigenvalue weighted by molar-refractivity contribution is -0.0459. The fourth-order valence-electron chi connectivity index (χ4n) is 2.40. The number of nitrogens with zero attached hydrogens (tertiary/aromatic N) is 2. The number of hydrogen-bond donors (Lipinski definition) is 4. The van der Waals surface area contributed by atoms with Crippen LogP contribution < -0.4 is 16.5 Å². The number of fused-ring (bicyclic) bond motifs is 1. The van der Waals surface area contributed by atoms with E-state index in [1.54, 1.807) is 6.20 Å². The Kier molecular flexibility index (Phi) is 3.23. The molecule has 2 aliphatic rings. The highest BCUT2D eigenvalue weighted by atomic mass is 16.5. The van der Waals surface area contributed by atoms with Crippen molar-refractivity contribution in [3.63, 3.8) is 0 Å². The number of nitrogens with one attached hydrogen (secondary N) is 2. The summed E-state index contributed by atoms with van der Waals surface area (Å²) in [7, 11) is 0. The van der Waals surface area contributed by atoms with Gasteiger partial charge in [-0.15, -0.1) is 0 Å². The summed E-state index contributed by atoms with van der Waals surface area (Å²) in [6.07, 6.45) is 0.749. The molecule has 2 unspecified atom stereocenters. The molecule has 104 valence electrons. The largest absolute Gasteiger partial charge is 0.394 e. The summed E-state index contributed by atoms with van der Waals surface area (Å²) < 4.78 is 6.85. The molecule has 0 aliphatic carbocycles. The summed E-state index contributed by atoms with van der Waals surface area (Å²) in [6, 6.07) is 0. The average Bonchev–Trinajstić information content (AvgIpc) is 2.79. The molecule has 8 nitrogen and oxygen atoms in total. The first-order valence-corrected chi connectivity index (χ1v) is 6.24. The summed E-state index contributed by atoms with van der Waals surface area (Å²) >= 11 is 0. The van der Waals surface area contributed by atoms with Gasteiger partial charge in [0, 0.05) is 24.7 Å². The third-order valence-corrected chi connectivity index (χ3v) is 3.45. The van der Waals surface area contributed by atoms with Gasteiger partial charge in [-0.05, 0) is 6.42 Å². The highest BCUT2D eigenvalue weighted by Crippen LogP contribution is 2.28. The summed E-state index contributed by atoms with van der Waals surface area (Å²) in [5, 5.41) is 18.8. The number of anilines is 1. The third kappa shape index (κ3) is 2.23. The minimum atomic E-state index is -0.766. The van der Waals surface area contributed by atoms with Crippen molar-refractivity contribution in [1.82, 2.24) is 15.0 Å². The molecule has 1 aromatic heterocycles. The topological polar surface area (TPSA) is 109 Å². The Morgan fingerprint density at radius 1 is 1.58 bits per heavy atom. The van der Waals surface area contributed by atoms with E-state index in [0.717, 1.165) is 18.5 Å². The van der Waals surface area contributed by atoms with E-state index < -0.39 is 24.1 Å². The molecule has 1 saturated heterocycles. The van der Waals surface area contributed by atoms with Gasteiger partial charge >= 0.3 is 5.69 Å². The molecule has 0 aromatic carbocycles. The van der Waals surface area contributed by atoms with Crippen molar-refractivity contribution >= 4 is 5.82 Å². The second kappa shape index (κ2) is 4.89. The molecule has 3 heterocycles. The number of rotatable bonds is 2. The van der Waals surface area contributed by atoms with Crippen molar-refractivity contribution < 1.29 is 14.9 Å². The smallest absolute Gasteiger partial charge is 0.351 e. The van der Waals surface area contributed by atoms with Gasteiger partial charge in [-0.2, -0.15) is 4.98 Å². The van der Waals surface area contributed by atoms with Crippen LogP contribution in [0.4, 0.5) is 5.82 Å². The van der Waals surface area contributed by atoms with Gasteiger partial charge in [-0.1, -0.05) is 0 Å². The standard InChI is InChI=1S/C11H16N4O4/c16-5-8-7(17)3-9(19-8)15-4-6-1-2-12-14-10(6)13-11(15)18/h4,7-9,12,16-17H,1-3,5H2,(H,13,14,18)/t7?,8-,9?/m1/s1. The van der Waals surface area contributed by atoms with E-state index in [1.165, 1.54) is 4.57 Å². The highest BCUT2D eigenvalue weighted by molar-refractivity contribution is 5.43. The molecule has 0 amide bonds. The predicted molar refractivity (Wildman–Crippen MR) is 65.4 cm³/mol. The quantitative estimate of drug-likeness (QED) is 0.509. The van der Waals surface area contributed by atoms with Crippen LogP contribution in [-0.4, -0.2) is 45.1 Å². The second-order valence-corrected chi connectivity index (χ2v) is 4.72. The van der Waals surface area contributed by atoms with Crippen LogP contribution in [-0.2, 0) is 11.2 Å². The Hall–Kier alpha value is -1.48. The van der Waals surface area contributed by atoms with Crippen molar-refractivity contribution in [2.75, 3.05) is 18.6 Å². The Bertz CT molecular complexity index is 532. The normalized spacial score (nSPS) is 29.9. The molecule has 0 bridgehead atoms. The van der Waals surface area contributed by atoms with E-state index in [4.69, 9.17) is 9.84 Å². The summed E-state index contributed by atoms with van der Waals surface area (Å²) in [4.78, 5) is 15.9. The number of hydrazine groups is 1. The van der Waals surface area contributed by atoms with Crippen molar-refractivity contribution in [2.45, 2.75) is 31.3 Å². The molecule has 1 aromatic rings. The van der Waals surface area contributed by atoms with E-state index >= 15 is 0 Å². The Morgan fingerprint density at radius 2 is 2.42 bits per heavy atom. The van der Waals surface area contributed by atoms with Gasteiger partial charge in [0.05, 0.1) is 12.7 Å². The molecule has 0 radical (unpaired) electrons. The van der Waals surface area contributed by atoms with Crippen LogP contribution in [0.25, 0.3) is 0 Å². The van der Waals surface area contributed by atoms with Crippen molar-refractivity contribution in [3.05, 3.63) is 22.2 Å². The summed E-state index contributed by atoms with van der Waals surface area (Å²) in [5.41, 5.74) is 6.24. The summed E-state index contributed by atoms with van der Waals surface area (Å²) in [6.45, 7) is 0.483. The van der Waals surface area contributed by atoms with E-state index in [2.05, 4.69) is 15.8 Å². The van der Waals surface area contributed by atoms with Crippen LogP contribution in [0.3, 0.4) is 0 Å². The van der Waals surface area contributed by atoms with E-state index in [9.17, 15) is 9.90 Å². The first-order valence-electron chi connectivity index (χ1n) is 6.24. The number of ether oxygens (including phenoxy) is 1. The predicted octanol–water partition coefficient (Wildman–Crippen LogP) is -1.64. The third-order valence-electron chi connectivity index (χ3n) is 3.45. The van der Waals surface area contributed by atoms with Crippen LogP contribution in [0.15, 0.2) is 11.0 Å². The molecule has 0 saturated carbocycles. The number of aliphatic hydroxyl groups is 2. The lowest BCUT2D eigenvalue weighted by Crippen LogP contribution is -2.36. The maximum atomic E-state index is 11.9. The lowest BCUT2D eigenvalue weighted by atomic mass is 10.2. The van der Waals surface area contributed by atoms with Crippen LogP contribution in [0.2, 0.25) is 0 Å². The van der Waals surface area contributed by atoms with Crippen LogP contribution in [0, 0.1) is 0 Å². The Balaban J connectivity index is 1.91. The molecule has 0 spiro atoms. The van der Waals surface area contributed by atoms with Gasteiger partial charge in [0.15, 0.2) is 5.82 Å². The number of aliphatic hydroxyl groups excluding tert-OH is 2. The van der Waals surface area contributed by atoms with Crippen LogP contribution in [0.5, 0.6) is 0 Å². The van der Waals surface area contributed by atoms with E-state index in [1.807, 2.05) is 0 Å². The zero-order valence-electron chi connectivity index (χ0n) is 10.2. The van der Waals surface area contributed by atoms with Gasteiger partial charge in [0.25, 0.3) is 0 Å².